The maximum Gasteiger partial charge on any atom is 0.248 e. The molecule has 0 saturated carbocycles. The van der Waals surface area contributed by atoms with Crippen LogP contribution in [0.3, 0.4) is 0 Å². The first-order chi connectivity index (χ1) is 8.21. The SMILES string of the molecule is NC(=O)c1ccc2c(c1)C1(C=CSC=C1)C=N2. The van der Waals surface area contributed by atoms with Crippen molar-refractivity contribution in [2.24, 2.45) is 10.7 Å². The molecule has 2 aliphatic heterocycles. The molecule has 2 heterocycles. The molecule has 1 aromatic rings. The maximum absolute atomic E-state index is 11.2. The number of nitrogens with two attached hydrogens (primary N) is 1. The van der Waals surface area contributed by atoms with E-state index >= 15 is 0 Å². The van der Waals surface area contributed by atoms with E-state index in [1.807, 2.05) is 29.2 Å². The lowest BCUT2D eigenvalue weighted by Gasteiger charge is -2.21. The molecule has 0 fully saturated rings. The predicted octanol–water partition coefficient (Wildman–Crippen LogP) is 2.51. The Labute approximate surface area is 103 Å². The van der Waals surface area contributed by atoms with Crippen LogP contribution in [0.2, 0.25) is 0 Å². The Bertz CT molecular complexity index is 575. The molecule has 2 aliphatic rings. The topological polar surface area (TPSA) is 55.5 Å². The van der Waals surface area contributed by atoms with E-state index in [9.17, 15) is 4.79 Å². The third-order valence-corrected chi connectivity index (χ3v) is 3.60. The predicted molar refractivity (Wildman–Crippen MR) is 70.7 cm³/mol. The molecule has 0 saturated heterocycles. The monoisotopic (exact) mass is 242 g/mol. The zero-order chi connectivity index (χ0) is 11.9. The Kier molecular flexibility index (Phi) is 2.19. The van der Waals surface area contributed by atoms with E-state index in [0.29, 0.717) is 5.56 Å². The standard InChI is InChI=1S/C13H10N2OS/c14-12(16)9-1-2-11-10(7-9)13(8-15-11)3-5-17-6-4-13/h1-8H,(H2,14,16). The fourth-order valence-corrected chi connectivity index (χ4v) is 2.76. The zero-order valence-electron chi connectivity index (χ0n) is 8.96. The number of hydrogen-bond donors (Lipinski definition) is 1. The number of primary amides is 1. The van der Waals surface area contributed by atoms with E-state index in [1.165, 1.54) is 0 Å². The summed E-state index contributed by atoms with van der Waals surface area (Å²) in [5.41, 5.74) is 7.44. The lowest BCUT2D eigenvalue weighted by molar-refractivity contribution is 0.1000. The van der Waals surface area contributed by atoms with Crippen LogP contribution < -0.4 is 5.73 Å². The minimum absolute atomic E-state index is 0.300. The normalized spacial score (nSPS) is 18.6. The molecule has 2 N–H and O–H groups in total. The fourth-order valence-electron chi connectivity index (χ4n) is 2.06. The van der Waals surface area contributed by atoms with Crippen LogP contribution in [0.15, 0.2) is 46.2 Å². The van der Waals surface area contributed by atoms with Gasteiger partial charge in [0.05, 0.1) is 11.1 Å². The van der Waals surface area contributed by atoms with E-state index in [0.717, 1.165) is 11.3 Å². The second-order valence-corrected chi connectivity index (χ2v) is 4.85. The second-order valence-electron chi connectivity index (χ2n) is 4.03. The number of carbonyl (C=O) groups is 1. The lowest BCUT2D eigenvalue weighted by atomic mass is 9.82. The van der Waals surface area contributed by atoms with Gasteiger partial charge in [-0.15, -0.1) is 11.8 Å². The minimum atomic E-state index is -0.409. The van der Waals surface area contributed by atoms with Crippen molar-refractivity contribution in [3.63, 3.8) is 0 Å². The number of benzene rings is 1. The van der Waals surface area contributed by atoms with Crippen LogP contribution in [0, 0.1) is 0 Å². The first-order valence-corrected chi connectivity index (χ1v) is 6.16. The van der Waals surface area contributed by atoms with Gasteiger partial charge in [0, 0.05) is 11.8 Å². The summed E-state index contributed by atoms with van der Waals surface area (Å²) in [5, 5.41) is 4.05. The summed E-state index contributed by atoms with van der Waals surface area (Å²) < 4.78 is 0. The van der Waals surface area contributed by atoms with Crippen LogP contribution in [0.25, 0.3) is 0 Å². The molecular weight excluding hydrogens is 232 g/mol. The summed E-state index contributed by atoms with van der Waals surface area (Å²) in [6.45, 7) is 0. The molecule has 1 spiro atoms. The lowest BCUT2D eigenvalue weighted by Crippen LogP contribution is -2.21. The molecule has 1 aromatic carbocycles. The fraction of sp³-hybridized carbons (Fsp3) is 0.0769. The summed E-state index contributed by atoms with van der Waals surface area (Å²) >= 11 is 1.63. The molecular formula is C13H10N2OS. The maximum atomic E-state index is 11.2. The van der Waals surface area contributed by atoms with Crippen molar-refractivity contribution in [3.8, 4) is 0 Å². The first-order valence-electron chi connectivity index (χ1n) is 5.22. The van der Waals surface area contributed by atoms with Crippen LogP contribution in [-0.4, -0.2) is 12.1 Å². The van der Waals surface area contributed by atoms with Crippen LogP contribution in [0.5, 0.6) is 0 Å². The number of fused-ring (bicyclic) bond motifs is 2. The number of hydrogen-bond acceptors (Lipinski definition) is 3. The summed E-state index contributed by atoms with van der Waals surface area (Å²) in [6, 6.07) is 5.38. The van der Waals surface area contributed by atoms with Crippen molar-refractivity contribution in [1.29, 1.82) is 0 Å². The number of carbonyl (C=O) groups excluding carboxylic acids is 1. The first kappa shape index (κ1) is 10.4. The van der Waals surface area contributed by atoms with Gasteiger partial charge in [-0.05, 0) is 34.6 Å². The van der Waals surface area contributed by atoms with Gasteiger partial charge in [-0.3, -0.25) is 9.79 Å². The number of allylic oxidation sites excluding steroid dienone is 2. The largest absolute Gasteiger partial charge is 0.366 e. The van der Waals surface area contributed by atoms with Crippen LogP contribution in [-0.2, 0) is 5.41 Å². The Morgan fingerprint density at radius 3 is 2.76 bits per heavy atom. The number of amides is 1. The quantitative estimate of drug-likeness (QED) is 0.822. The van der Waals surface area contributed by atoms with Gasteiger partial charge in [-0.2, -0.15) is 0 Å². The summed E-state index contributed by atoms with van der Waals surface area (Å²) in [5.74, 6) is -0.409. The van der Waals surface area contributed by atoms with E-state index in [1.54, 1.807) is 17.8 Å². The highest BCUT2D eigenvalue weighted by Gasteiger charge is 2.33. The van der Waals surface area contributed by atoms with E-state index in [4.69, 9.17) is 5.73 Å². The van der Waals surface area contributed by atoms with E-state index in [2.05, 4.69) is 17.1 Å². The van der Waals surface area contributed by atoms with Gasteiger partial charge in [0.25, 0.3) is 0 Å². The van der Waals surface area contributed by atoms with Crippen molar-refractivity contribution < 1.29 is 4.79 Å². The van der Waals surface area contributed by atoms with Crippen molar-refractivity contribution in [2.45, 2.75) is 5.41 Å². The summed E-state index contributed by atoms with van der Waals surface area (Å²) in [6.07, 6.45) is 6.06. The van der Waals surface area contributed by atoms with Crippen LogP contribution in [0.1, 0.15) is 15.9 Å². The van der Waals surface area contributed by atoms with Gasteiger partial charge in [0.15, 0.2) is 0 Å². The smallest absolute Gasteiger partial charge is 0.248 e. The molecule has 84 valence electrons. The van der Waals surface area contributed by atoms with E-state index < -0.39 is 5.91 Å². The minimum Gasteiger partial charge on any atom is -0.366 e. The number of thioether (sulfide) groups is 1. The third-order valence-electron chi connectivity index (χ3n) is 3.01. The van der Waals surface area contributed by atoms with Crippen LogP contribution >= 0.6 is 11.8 Å². The molecule has 0 aliphatic carbocycles. The average molecular weight is 242 g/mol. The van der Waals surface area contributed by atoms with Crippen molar-refractivity contribution in [2.75, 3.05) is 0 Å². The second kappa shape index (κ2) is 3.60. The number of nitrogens with zero attached hydrogens (tertiary/aromatic N) is 1. The van der Waals surface area contributed by atoms with Gasteiger partial charge in [-0.25, -0.2) is 0 Å². The highest BCUT2D eigenvalue weighted by Crippen LogP contribution is 2.42. The Morgan fingerprint density at radius 2 is 2.06 bits per heavy atom. The molecule has 0 aromatic heterocycles. The average Bonchev–Trinajstić information content (AvgIpc) is 2.69. The number of rotatable bonds is 1. The van der Waals surface area contributed by atoms with Crippen molar-refractivity contribution in [3.05, 3.63) is 52.3 Å². The molecule has 3 nitrogen and oxygen atoms in total. The van der Waals surface area contributed by atoms with E-state index in [-0.39, 0.29) is 5.41 Å². The van der Waals surface area contributed by atoms with Gasteiger partial charge < -0.3 is 5.73 Å². The van der Waals surface area contributed by atoms with Gasteiger partial charge in [0.1, 0.15) is 0 Å². The molecule has 0 atom stereocenters. The highest BCUT2D eigenvalue weighted by atomic mass is 32.2. The van der Waals surface area contributed by atoms with Gasteiger partial charge in [-0.1, -0.05) is 12.2 Å². The summed E-state index contributed by atoms with van der Waals surface area (Å²) in [4.78, 5) is 15.6. The Morgan fingerprint density at radius 1 is 1.29 bits per heavy atom. The molecule has 0 bridgehead atoms. The van der Waals surface area contributed by atoms with Gasteiger partial charge in [0.2, 0.25) is 5.91 Å². The molecule has 17 heavy (non-hydrogen) atoms. The Balaban J connectivity index is 2.17. The third kappa shape index (κ3) is 1.52. The summed E-state index contributed by atoms with van der Waals surface area (Å²) in [7, 11) is 0. The Hall–Kier alpha value is -1.81. The molecule has 4 heteroatoms. The molecule has 0 unspecified atom stereocenters. The number of aliphatic imine (C=N–C) groups is 1. The van der Waals surface area contributed by atoms with Crippen molar-refractivity contribution >= 4 is 29.6 Å². The molecule has 0 radical (unpaired) electrons. The zero-order valence-corrected chi connectivity index (χ0v) is 9.78. The van der Waals surface area contributed by atoms with Gasteiger partial charge >= 0.3 is 0 Å². The molecule has 3 rings (SSSR count). The molecule has 1 amide bonds. The highest BCUT2D eigenvalue weighted by molar-refractivity contribution is 8.04. The van der Waals surface area contributed by atoms with Crippen molar-refractivity contribution in [1.82, 2.24) is 0 Å². The van der Waals surface area contributed by atoms with Crippen LogP contribution in [0.4, 0.5) is 5.69 Å².